The average molecular weight is 780 g/mol. The molecule has 55 heavy (non-hydrogen) atoms. The van der Waals surface area contributed by atoms with Crippen LogP contribution in [-0.2, 0) is 9.59 Å². The van der Waals surface area contributed by atoms with Crippen molar-refractivity contribution in [3.8, 4) is 0 Å². The summed E-state index contributed by atoms with van der Waals surface area (Å²) in [4.78, 5) is 26.6. The summed E-state index contributed by atoms with van der Waals surface area (Å²) in [6, 6.07) is 0. The average Bonchev–Trinajstić information content (AvgIpc) is 3.16. The monoisotopic (exact) mass is 780 g/mol. The van der Waals surface area contributed by atoms with Crippen molar-refractivity contribution in [1.29, 1.82) is 0 Å². The van der Waals surface area contributed by atoms with Crippen LogP contribution in [0.1, 0.15) is 253 Å². The van der Waals surface area contributed by atoms with Gasteiger partial charge in [0, 0.05) is 0 Å². The minimum atomic E-state index is -0.630. The van der Waals surface area contributed by atoms with Gasteiger partial charge in [-0.25, -0.2) is 0 Å². The molecule has 328 valence electrons. The van der Waals surface area contributed by atoms with Gasteiger partial charge in [0.05, 0.1) is 17.4 Å². The lowest BCUT2D eigenvalue weighted by molar-refractivity contribution is -0.143. The summed E-state index contributed by atoms with van der Waals surface area (Å²) in [5, 5.41) is 31.6. The van der Waals surface area contributed by atoms with E-state index in [-0.39, 0.29) is 11.8 Å². The Hall–Kier alpha value is -1.14. The van der Waals surface area contributed by atoms with Crippen LogP contribution in [0.15, 0.2) is 0 Å². The van der Waals surface area contributed by atoms with Gasteiger partial charge in [0.1, 0.15) is 0 Å². The molecule has 0 heterocycles. The lowest BCUT2D eigenvalue weighted by Crippen LogP contribution is -2.30. The Morgan fingerprint density at radius 3 is 1.09 bits per heavy atom. The minimum absolute atomic E-state index is 0.215. The fourth-order valence-electron chi connectivity index (χ4n) is 9.05. The van der Waals surface area contributed by atoms with Crippen molar-refractivity contribution in [3.63, 3.8) is 0 Å². The molecular formula is C49H97NO5. The van der Waals surface area contributed by atoms with Crippen LogP contribution in [0, 0.1) is 23.7 Å². The lowest BCUT2D eigenvalue weighted by Gasteiger charge is -2.29. The number of rotatable bonds is 43. The largest absolute Gasteiger partial charge is 0.481 e. The molecular weight excluding hydrogens is 683 g/mol. The maximum absolute atomic E-state index is 12.0. The van der Waals surface area contributed by atoms with E-state index in [0.717, 1.165) is 166 Å². The van der Waals surface area contributed by atoms with Gasteiger partial charge in [0.25, 0.3) is 0 Å². The molecule has 3 N–H and O–H groups in total. The van der Waals surface area contributed by atoms with Gasteiger partial charge in [-0.1, -0.05) is 183 Å². The van der Waals surface area contributed by atoms with Gasteiger partial charge >= 0.3 is 11.9 Å². The number of carbonyl (C=O) groups is 2. The Morgan fingerprint density at radius 1 is 0.418 bits per heavy atom. The molecule has 0 aromatic rings. The fraction of sp³-hybridized carbons (Fsp3) is 0.959. The summed E-state index contributed by atoms with van der Waals surface area (Å²) in [6.07, 6.45) is 35.4. The first-order chi connectivity index (χ1) is 26.6. The van der Waals surface area contributed by atoms with Crippen molar-refractivity contribution >= 4 is 11.9 Å². The van der Waals surface area contributed by atoms with E-state index in [1.54, 1.807) is 0 Å². The van der Waals surface area contributed by atoms with E-state index in [9.17, 15) is 24.9 Å². The van der Waals surface area contributed by atoms with Gasteiger partial charge in [-0.05, 0) is 102 Å². The summed E-state index contributed by atoms with van der Waals surface area (Å²) in [7, 11) is 0. The summed E-state index contributed by atoms with van der Waals surface area (Å²) in [6.45, 7) is 17.0. The van der Waals surface area contributed by atoms with Crippen LogP contribution in [0.2, 0.25) is 0 Å². The molecule has 0 bridgehead atoms. The summed E-state index contributed by atoms with van der Waals surface area (Å²) >= 11 is 0. The third-order valence-electron chi connectivity index (χ3n) is 13.0. The number of hydrogen-bond donors (Lipinski definition) is 3. The van der Waals surface area contributed by atoms with Gasteiger partial charge in [-0.15, -0.1) is 0 Å². The zero-order valence-corrected chi connectivity index (χ0v) is 37.9. The van der Waals surface area contributed by atoms with E-state index < -0.39 is 17.5 Å². The number of aliphatic hydroxyl groups is 1. The highest BCUT2D eigenvalue weighted by Crippen LogP contribution is 2.30. The molecule has 0 aromatic carbocycles. The van der Waals surface area contributed by atoms with Crippen molar-refractivity contribution in [2.75, 3.05) is 19.6 Å². The Bertz CT molecular complexity index is 804. The molecule has 0 fully saturated rings. The summed E-state index contributed by atoms with van der Waals surface area (Å²) < 4.78 is 0. The molecule has 0 aliphatic heterocycles. The second-order valence-corrected chi connectivity index (χ2v) is 17.9. The minimum Gasteiger partial charge on any atom is -0.481 e. The van der Waals surface area contributed by atoms with Crippen LogP contribution in [0.3, 0.4) is 0 Å². The van der Waals surface area contributed by atoms with E-state index in [1.807, 2.05) is 0 Å². The first-order valence-electron chi connectivity index (χ1n) is 24.5. The number of nitrogens with zero attached hydrogens (tertiary/aromatic N) is 1. The maximum atomic E-state index is 12.0. The van der Waals surface area contributed by atoms with Gasteiger partial charge in [0.15, 0.2) is 0 Å². The first-order valence-corrected chi connectivity index (χ1v) is 24.5. The topological polar surface area (TPSA) is 98.1 Å². The molecule has 4 atom stereocenters. The van der Waals surface area contributed by atoms with Gasteiger partial charge in [-0.2, -0.15) is 0 Å². The van der Waals surface area contributed by atoms with Crippen LogP contribution >= 0.6 is 0 Å². The van der Waals surface area contributed by atoms with Crippen LogP contribution in [0.25, 0.3) is 0 Å². The van der Waals surface area contributed by atoms with E-state index in [2.05, 4.69) is 46.4 Å². The summed E-state index contributed by atoms with van der Waals surface area (Å²) in [5.74, 6) is -0.0805. The van der Waals surface area contributed by atoms with Gasteiger partial charge in [0.2, 0.25) is 0 Å². The number of unbranched alkanes of at least 4 members (excludes halogenated alkanes) is 11. The third-order valence-corrected chi connectivity index (χ3v) is 13.0. The number of aliphatic carboxylic acids is 2. The molecule has 0 aliphatic carbocycles. The first kappa shape index (κ1) is 53.9. The standard InChI is InChI=1S/C49H97NO5/c1-7-13-29-43(11-5)31-21-23-35-45(47(51)52)33-19-15-17-25-37-49(55,39-27-28-42-50(40-9-3)41-10-4)38-26-18-16-20-34-46(48(53)54)36-24-22-32-44(12-6)30-14-8-2/h43-46,55H,7-42H2,1-6H3,(H,51,52)(H,53,54). The Morgan fingerprint density at radius 2 is 0.745 bits per heavy atom. The third kappa shape index (κ3) is 30.6. The molecule has 0 spiro atoms. The second kappa shape index (κ2) is 37.2. The van der Waals surface area contributed by atoms with E-state index >= 15 is 0 Å². The van der Waals surface area contributed by atoms with Crippen LogP contribution in [0.5, 0.6) is 0 Å². The molecule has 0 rings (SSSR count). The molecule has 0 saturated carbocycles. The van der Waals surface area contributed by atoms with Crippen LogP contribution in [-0.4, -0.2) is 57.4 Å². The predicted molar refractivity (Wildman–Crippen MR) is 237 cm³/mol. The molecule has 4 unspecified atom stereocenters. The number of carboxylic acid groups (broad SMARTS) is 2. The Balaban J connectivity index is 4.78. The lowest BCUT2D eigenvalue weighted by atomic mass is 9.85. The Labute approximate surface area is 343 Å². The van der Waals surface area contributed by atoms with Gasteiger partial charge in [-0.3, -0.25) is 9.59 Å². The highest BCUT2D eigenvalue weighted by molar-refractivity contribution is 5.70. The molecule has 0 aliphatic rings. The van der Waals surface area contributed by atoms with Crippen molar-refractivity contribution in [3.05, 3.63) is 0 Å². The zero-order chi connectivity index (χ0) is 41.0. The predicted octanol–water partition coefficient (Wildman–Crippen LogP) is 14.6. The smallest absolute Gasteiger partial charge is 0.306 e. The van der Waals surface area contributed by atoms with E-state index in [0.29, 0.717) is 0 Å². The maximum Gasteiger partial charge on any atom is 0.306 e. The SMILES string of the molecule is CCCCC(CC)CCCCC(CCCCCCC(O)(CCCCCCC(CCCCC(CC)CCCC)C(=O)O)CCCCN(CCC)CCC)C(=O)O. The highest BCUT2D eigenvalue weighted by Gasteiger charge is 2.26. The van der Waals surface area contributed by atoms with Crippen LogP contribution in [0.4, 0.5) is 0 Å². The highest BCUT2D eigenvalue weighted by atomic mass is 16.4. The van der Waals surface area contributed by atoms with E-state index in [4.69, 9.17) is 0 Å². The normalized spacial score (nSPS) is 15.2. The molecule has 0 saturated heterocycles. The molecule has 0 amide bonds. The number of hydrogen-bond acceptors (Lipinski definition) is 4. The molecule has 6 nitrogen and oxygen atoms in total. The zero-order valence-electron chi connectivity index (χ0n) is 37.9. The second-order valence-electron chi connectivity index (χ2n) is 17.9. The number of carboxylic acids is 2. The summed E-state index contributed by atoms with van der Waals surface area (Å²) in [5.41, 5.74) is -0.630. The van der Waals surface area contributed by atoms with Crippen molar-refractivity contribution in [2.45, 2.75) is 259 Å². The Kier molecular flexibility index (Phi) is 36.4. The fourth-order valence-corrected chi connectivity index (χ4v) is 9.05. The van der Waals surface area contributed by atoms with Crippen molar-refractivity contribution in [1.82, 2.24) is 4.90 Å². The van der Waals surface area contributed by atoms with Gasteiger partial charge < -0.3 is 20.2 Å². The van der Waals surface area contributed by atoms with Crippen molar-refractivity contribution < 1.29 is 24.9 Å². The molecule has 0 radical (unpaired) electrons. The quantitative estimate of drug-likeness (QED) is 0.0533. The molecule has 6 heteroatoms. The van der Waals surface area contributed by atoms with Crippen LogP contribution < -0.4 is 0 Å². The van der Waals surface area contributed by atoms with E-state index in [1.165, 1.54) is 77.0 Å². The molecule has 0 aromatic heterocycles. The van der Waals surface area contributed by atoms with Crippen molar-refractivity contribution in [2.24, 2.45) is 23.7 Å².